The molecule has 166 valence electrons. The summed E-state index contributed by atoms with van der Waals surface area (Å²) in [5, 5.41) is 0.527. The Morgan fingerprint density at radius 3 is 2.44 bits per heavy atom. The smallest absolute Gasteiger partial charge is 0.200 e. The van der Waals surface area contributed by atoms with Crippen molar-refractivity contribution < 1.29 is 13.5 Å². The fourth-order valence-electron chi connectivity index (χ4n) is 4.48. The Hall–Kier alpha value is -4.25. The molecule has 0 unspecified atom stereocenters. The Labute approximate surface area is 195 Å². The van der Waals surface area contributed by atoms with Crippen LogP contribution in [0, 0.1) is 19.7 Å². The fraction of sp³-hybridized carbons (Fsp3) is 0.103. The van der Waals surface area contributed by atoms with Gasteiger partial charge in [-0.15, -0.1) is 0 Å². The third-order valence-corrected chi connectivity index (χ3v) is 6.24. The van der Waals surface area contributed by atoms with E-state index in [1.807, 2.05) is 56.3 Å². The minimum absolute atomic E-state index is 0.113. The summed E-state index contributed by atoms with van der Waals surface area (Å²) in [5.74, 6) is 0.427. The van der Waals surface area contributed by atoms with Gasteiger partial charge in [0.15, 0.2) is 0 Å². The maximum absolute atomic E-state index is 13.6. The molecule has 34 heavy (non-hydrogen) atoms. The van der Waals surface area contributed by atoms with Crippen molar-refractivity contribution in [2.45, 2.75) is 20.5 Å². The largest absolute Gasteiger partial charge is 0.488 e. The second-order valence-corrected chi connectivity index (χ2v) is 8.66. The molecular weight excluding hydrogens is 429 g/mol. The van der Waals surface area contributed by atoms with Gasteiger partial charge in [0.2, 0.25) is 5.43 Å². The molecule has 1 aliphatic heterocycles. The van der Waals surface area contributed by atoms with Crippen LogP contribution in [0.25, 0.3) is 44.6 Å². The number of aromatic nitrogens is 1. The van der Waals surface area contributed by atoms with E-state index in [0.717, 1.165) is 39.3 Å². The van der Waals surface area contributed by atoms with Gasteiger partial charge in [-0.2, -0.15) is 0 Å². The van der Waals surface area contributed by atoms with E-state index in [1.165, 1.54) is 18.4 Å². The lowest BCUT2D eigenvalue weighted by Crippen LogP contribution is -2.13. The average molecular weight is 449 g/mol. The van der Waals surface area contributed by atoms with Crippen LogP contribution in [-0.4, -0.2) is 4.98 Å². The highest BCUT2D eigenvalue weighted by atomic mass is 19.1. The molecule has 5 heteroatoms. The first-order valence-corrected chi connectivity index (χ1v) is 11.0. The molecule has 2 aromatic heterocycles. The SMILES string of the molecule is Cc1ccc2c(c1)-c1nc(-c3ccc(F)cc3)cc(-c3coc4ccc(C)cc4c3=O)c1CO2. The Kier molecular flexibility index (Phi) is 4.59. The predicted octanol–water partition coefficient (Wildman–Crippen LogP) is 6.84. The number of rotatable bonds is 2. The molecule has 4 nitrogen and oxygen atoms in total. The summed E-state index contributed by atoms with van der Waals surface area (Å²) in [6.45, 7) is 4.24. The first-order chi connectivity index (χ1) is 16.5. The number of benzene rings is 3. The monoisotopic (exact) mass is 449 g/mol. The van der Waals surface area contributed by atoms with Gasteiger partial charge in [0.05, 0.1) is 22.3 Å². The maximum Gasteiger partial charge on any atom is 0.200 e. The molecule has 0 amide bonds. The van der Waals surface area contributed by atoms with Gasteiger partial charge >= 0.3 is 0 Å². The van der Waals surface area contributed by atoms with Crippen molar-refractivity contribution in [1.82, 2.24) is 4.98 Å². The van der Waals surface area contributed by atoms with Crippen molar-refractivity contribution in [2.24, 2.45) is 0 Å². The van der Waals surface area contributed by atoms with E-state index in [0.29, 0.717) is 27.8 Å². The van der Waals surface area contributed by atoms with Crippen LogP contribution >= 0.6 is 0 Å². The van der Waals surface area contributed by atoms with Crippen molar-refractivity contribution >= 4 is 11.0 Å². The van der Waals surface area contributed by atoms with E-state index in [9.17, 15) is 9.18 Å². The molecule has 6 rings (SSSR count). The van der Waals surface area contributed by atoms with Gasteiger partial charge in [0, 0.05) is 16.7 Å². The number of pyridine rings is 1. The van der Waals surface area contributed by atoms with Crippen molar-refractivity contribution in [3.63, 3.8) is 0 Å². The minimum atomic E-state index is -0.318. The number of hydrogen-bond donors (Lipinski definition) is 0. The molecule has 5 aromatic rings. The van der Waals surface area contributed by atoms with Gasteiger partial charge in [-0.1, -0.05) is 23.3 Å². The molecule has 3 aromatic carbocycles. The van der Waals surface area contributed by atoms with Crippen LogP contribution in [0.1, 0.15) is 16.7 Å². The number of fused-ring (bicyclic) bond motifs is 4. The number of aryl methyl sites for hydroxylation is 2. The summed E-state index contributed by atoms with van der Waals surface area (Å²) < 4.78 is 25.5. The summed E-state index contributed by atoms with van der Waals surface area (Å²) in [6.07, 6.45) is 1.51. The predicted molar refractivity (Wildman–Crippen MR) is 130 cm³/mol. The van der Waals surface area contributed by atoms with E-state index in [2.05, 4.69) is 0 Å². The first kappa shape index (κ1) is 20.4. The Morgan fingerprint density at radius 2 is 1.62 bits per heavy atom. The fourth-order valence-corrected chi connectivity index (χ4v) is 4.48. The molecule has 0 saturated heterocycles. The van der Waals surface area contributed by atoms with Crippen LogP contribution in [0.2, 0.25) is 0 Å². The molecule has 0 fully saturated rings. The molecule has 0 spiro atoms. The normalized spacial score (nSPS) is 12.2. The third kappa shape index (κ3) is 3.28. The van der Waals surface area contributed by atoms with E-state index in [-0.39, 0.29) is 17.9 Å². The summed E-state index contributed by atoms with van der Waals surface area (Å²) in [4.78, 5) is 18.5. The molecular formula is C29H20FNO3. The van der Waals surface area contributed by atoms with Gasteiger partial charge in [0.1, 0.15) is 30.0 Å². The van der Waals surface area contributed by atoms with Gasteiger partial charge in [-0.3, -0.25) is 4.79 Å². The molecule has 0 radical (unpaired) electrons. The second kappa shape index (κ2) is 7.66. The van der Waals surface area contributed by atoms with E-state index in [1.54, 1.807) is 12.1 Å². The first-order valence-electron chi connectivity index (χ1n) is 11.0. The Bertz CT molecular complexity index is 1650. The molecule has 1 aliphatic rings. The lowest BCUT2D eigenvalue weighted by atomic mass is 9.92. The standard InChI is InChI=1S/C29H20FNO3/c1-16-3-9-26-21(11-16)28-23(14-33-26)20(13-25(31-28)18-5-7-19(30)8-6-18)24-15-34-27-10-4-17(2)12-22(27)29(24)32/h3-13,15H,14H2,1-2H3. The highest BCUT2D eigenvalue weighted by Crippen LogP contribution is 2.42. The van der Waals surface area contributed by atoms with Gasteiger partial charge < -0.3 is 9.15 Å². The second-order valence-electron chi connectivity index (χ2n) is 8.66. The van der Waals surface area contributed by atoms with Crippen molar-refractivity contribution in [3.8, 4) is 39.4 Å². The van der Waals surface area contributed by atoms with Gasteiger partial charge in [-0.05, 0) is 74.0 Å². The summed E-state index contributed by atoms with van der Waals surface area (Å²) in [6, 6.07) is 19.6. The van der Waals surface area contributed by atoms with Crippen LogP contribution < -0.4 is 10.2 Å². The van der Waals surface area contributed by atoms with Crippen LogP contribution in [0.3, 0.4) is 0 Å². The summed E-state index contributed by atoms with van der Waals surface area (Å²) >= 11 is 0. The molecule has 0 aliphatic carbocycles. The lowest BCUT2D eigenvalue weighted by molar-refractivity contribution is 0.302. The maximum atomic E-state index is 13.6. The zero-order valence-corrected chi connectivity index (χ0v) is 18.7. The number of nitrogens with zero attached hydrogens (tertiary/aromatic N) is 1. The topological polar surface area (TPSA) is 52.3 Å². The molecule has 0 atom stereocenters. The highest BCUT2D eigenvalue weighted by molar-refractivity contribution is 5.87. The molecule has 0 N–H and O–H groups in total. The zero-order valence-electron chi connectivity index (χ0n) is 18.7. The van der Waals surface area contributed by atoms with Crippen LogP contribution in [0.4, 0.5) is 4.39 Å². The van der Waals surface area contributed by atoms with Gasteiger partial charge in [-0.25, -0.2) is 9.37 Å². The quantitative estimate of drug-likeness (QED) is 0.296. The van der Waals surface area contributed by atoms with Crippen molar-refractivity contribution in [2.75, 3.05) is 0 Å². The van der Waals surface area contributed by atoms with Crippen LogP contribution in [0.5, 0.6) is 5.75 Å². The van der Waals surface area contributed by atoms with Gasteiger partial charge in [0.25, 0.3) is 0 Å². The lowest BCUT2D eigenvalue weighted by Gasteiger charge is -2.24. The molecule has 3 heterocycles. The van der Waals surface area contributed by atoms with Crippen molar-refractivity contribution in [1.29, 1.82) is 0 Å². The molecule has 0 bridgehead atoms. The average Bonchev–Trinajstić information content (AvgIpc) is 2.84. The minimum Gasteiger partial charge on any atom is -0.488 e. The number of hydrogen-bond acceptors (Lipinski definition) is 4. The Balaban J connectivity index is 1.67. The third-order valence-electron chi connectivity index (χ3n) is 6.24. The van der Waals surface area contributed by atoms with Crippen molar-refractivity contribution in [3.05, 3.63) is 106 Å². The van der Waals surface area contributed by atoms with E-state index < -0.39 is 0 Å². The van der Waals surface area contributed by atoms with Crippen LogP contribution in [-0.2, 0) is 6.61 Å². The van der Waals surface area contributed by atoms with E-state index in [4.69, 9.17) is 14.1 Å². The zero-order chi connectivity index (χ0) is 23.4. The highest BCUT2D eigenvalue weighted by Gasteiger charge is 2.25. The van der Waals surface area contributed by atoms with E-state index >= 15 is 0 Å². The summed E-state index contributed by atoms with van der Waals surface area (Å²) in [5.41, 5.74) is 7.48. The Morgan fingerprint density at radius 1 is 0.853 bits per heavy atom. The molecule has 0 saturated carbocycles. The van der Waals surface area contributed by atoms with Crippen LogP contribution in [0.15, 0.2) is 82.2 Å². The number of halogens is 1. The number of ether oxygens (including phenoxy) is 1. The summed E-state index contributed by atoms with van der Waals surface area (Å²) in [7, 11) is 0.